The highest BCUT2D eigenvalue weighted by atomic mass is 32.2. The van der Waals surface area contributed by atoms with Crippen molar-refractivity contribution >= 4 is 16.4 Å². The van der Waals surface area contributed by atoms with E-state index >= 15 is 0 Å². The highest BCUT2D eigenvalue weighted by molar-refractivity contribution is 8.14. The van der Waals surface area contributed by atoms with Gasteiger partial charge in [0.25, 0.3) is 0 Å². The molecular formula is C10H11BO3S. The van der Waals surface area contributed by atoms with Crippen LogP contribution in [0.2, 0.25) is 0 Å². The Bertz CT molecular complexity index is 456. The summed E-state index contributed by atoms with van der Waals surface area (Å²) in [5.74, 6) is 2.21. The molecule has 1 aromatic carbocycles. The van der Waals surface area contributed by atoms with Crippen molar-refractivity contribution < 1.29 is 13.1 Å². The zero-order valence-corrected chi connectivity index (χ0v) is 9.25. The van der Waals surface area contributed by atoms with E-state index in [9.17, 15) is 8.42 Å². The van der Waals surface area contributed by atoms with Crippen molar-refractivity contribution in [3.05, 3.63) is 29.8 Å². The van der Waals surface area contributed by atoms with E-state index in [0.717, 1.165) is 5.56 Å². The number of hydrogen-bond donors (Lipinski definition) is 0. The minimum absolute atomic E-state index is 0.00505. The molecule has 0 unspecified atom stereocenters. The second kappa shape index (κ2) is 5.01. The second-order valence-corrected chi connectivity index (χ2v) is 5.03. The molecule has 0 saturated heterocycles. The summed E-state index contributed by atoms with van der Waals surface area (Å²) < 4.78 is 28.1. The zero-order valence-electron chi connectivity index (χ0n) is 8.43. The first-order valence-corrected chi connectivity index (χ1v) is 6.02. The van der Waals surface area contributed by atoms with Gasteiger partial charge in [0, 0.05) is 0 Å². The molecule has 78 valence electrons. The Hall–Kier alpha value is -1.25. The zero-order chi connectivity index (χ0) is 11.3. The molecule has 1 rings (SSSR count). The Labute approximate surface area is 90.5 Å². The molecule has 0 aliphatic heterocycles. The summed E-state index contributed by atoms with van der Waals surface area (Å²) in [7, 11) is -3.37. The maximum Gasteiger partial charge on any atom is 0.427 e. The Morgan fingerprint density at radius 3 is 2.53 bits per heavy atom. The molecule has 0 aliphatic rings. The van der Waals surface area contributed by atoms with Gasteiger partial charge in [-0.1, -0.05) is 23.6 Å². The quantitative estimate of drug-likeness (QED) is 0.427. The van der Waals surface area contributed by atoms with E-state index in [1.54, 1.807) is 24.3 Å². The van der Waals surface area contributed by atoms with Gasteiger partial charge in [0.2, 0.25) is 0 Å². The molecule has 0 spiro atoms. The van der Waals surface area contributed by atoms with Crippen molar-refractivity contribution in [3.63, 3.8) is 0 Å². The fourth-order valence-electron chi connectivity index (χ4n) is 1.02. The van der Waals surface area contributed by atoms with Crippen LogP contribution in [-0.2, 0) is 14.3 Å². The molecule has 3 nitrogen and oxygen atoms in total. The maximum absolute atomic E-state index is 11.6. The molecule has 0 radical (unpaired) electrons. The Kier molecular flexibility index (Phi) is 3.95. The van der Waals surface area contributed by atoms with E-state index in [-0.39, 0.29) is 18.3 Å². The molecule has 0 heterocycles. The first-order chi connectivity index (χ1) is 7.06. The summed E-state index contributed by atoms with van der Waals surface area (Å²) >= 11 is 0. The van der Waals surface area contributed by atoms with Gasteiger partial charge in [-0.2, -0.15) is 0 Å². The summed E-state index contributed by atoms with van der Waals surface area (Å²) in [6, 6.07) is 6.61. The van der Waals surface area contributed by atoms with Gasteiger partial charge in [-0.3, -0.25) is 0 Å². The Balaban J connectivity index is 2.79. The summed E-state index contributed by atoms with van der Waals surface area (Å²) in [4.78, 5) is 0.255. The number of aryl methyl sites for hydroxylation is 1. The van der Waals surface area contributed by atoms with Gasteiger partial charge >= 0.3 is 6.76 Å². The molecule has 0 atom stereocenters. The third-order valence-electron chi connectivity index (χ3n) is 1.80. The normalized spacial score (nSPS) is 10.7. The molecule has 0 bridgehead atoms. The minimum atomic E-state index is -3.37. The predicted molar refractivity (Wildman–Crippen MR) is 60.3 cm³/mol. The van der Waals surface area contributed by atoms with Crippen molar-refractivity contribution in [1.82, 2.24) is 0 Å². The number of terminal acetylenes is 1. The molecule has 0 aromatic heterocycles. The molecule has 0 saturated carbocycles. The molecule has 0 fully saturated rings. The molecule has 1 aromatic rings. The largest absolute Gasteiger partial charge is 0.427 e. The second-order valence-electron chi connectivity index (χ2n) is 3.10. The average molecular weight is 222 g/mol. The lowest BCUT2D eigenvalue weighted by Crippen LogP contribution is -2.14. The van der Waals surface area contributed by atoms with Crippen LogP contribution in [0.15, 0.2) is 29.2 Å². The van der Waals surface area contributed by atoms with Crippen molar-refractivity contribution in [2.45, 2.75) is 11.8 Å². The van der Waals surface area contributed by atoms with Gasteiger partial charge in [-0.15, -0.1) is 6.42 Å². The van der Waals surface area contributed by atoms with Crippen LogP contribution in [-0.4, -0.2) is 21.8 Å². The smallest absolute Gasteiger partial charge is 0.413 e. The highest BCUT2D eigenvalue weighted by Crippen LogP contribution is 2.10. The fraction of sp³-hybridized carbons (Fsp3) is 0.200. The summed E-state index contributed by atoms with van der Waals surface area (Å²) in [6.07, 6.45) is 4.95. The first-order valence-electron chi connectivity index (χ1n) is 4.37. The van der Waals surface area contributed by atoms with Crippen molar-refractivity contribution in [3.8, 4) is 12.3 Å². The fourth-order valence-corrected chi connectivity index (χ4v) is 2.01. The van der Waals surface area contributed by atoms with Crippen LogP contribution < -0.4 is 0 Å². The van der Waals surface area contributed by atoms with Gasteiger partial charge in [0.15, 0.2) is 9.69 Å². The summed E-state index contributed by atoms with van der Waals surface area (Å²) in [6.45, 7) is 1.52. The topological polar surface area (TPSA) is 43.4 Å². The summed E-state index contributed by atoms with van der Waals surface area (Å²) in [5.41, 5.74) is 1.01. The SMILES string of the molecule is C#CCOBS(=O)(=O)c1ccc(C)cc1. The molecular weight excluding hydrogens is 211 g/mol. The van der Waals surface area contributed by atoms with Gasteiger partial charge in [0.1, 0.15) is 0 Å². The number of rotatable bonds is 4. The molecule has 0 amide bonds. The lowest BCUT2D eigenvalue weighted by Gasteiger charge is -2.02. The van der Waals surface area contributed by atoms with E-state index < -0.39 is 9.69 Å². The van der Waals surface area contributed by atoms with E-state index in [0.29, 0.717) is 0 Å². The Morgan fingerprint density at radius 2 is 2.00 bits per heavy atom. The van der Waals surface area contributed by atoms with Gasteiger partial charge in [-0.05, 0) is 19.1 Å². The first kappa shape index (κ1) is 11.8. The van der Waals surface area contributed by atoms with Crippen LogP contribution in [0.25, 0.3) is 0 Å². The summed E-state index contributed by atoms with van der Waals surface area (Å²) in [5, 5.41) is 0. The molecule has 0 N–H and O–H groups in total. The highest BCUT2D eigenvalue weighted by Gasteiger charge is 2.16. The average Bonchev–Trinajstić information content (AvgIpc) is 2.18. The van der Waals surface area contributed by atoms with Crippen molar-refractivity contribution in [1.29, 1.82) is 0 Å². The van der Waals surface area contributed by atoms with Crippen LogP contribution >= 0.6 is 0 Å². The Morgan fingerprint density at radius 1 is 1.40 bits per heavy atom. The van der Waals surface area contributed by atoms with Gasteiger partial charge < -0.3 is 4.65 Å². The van der Waals surface area contributed by atoms with Crippen LogP contribution in [0.5, 0.6) is 0 Å². The van der Waals surface area contributed by atoms with E-state index in [1.807, 2.05) is 6.92 Å². The number of hydrogen-bond acceptors (Lipinski definition) is 3. The molecule has 0 aliphatic carbocycles. The third-order valence-corrected chi connectivity index (χ3v) is 3.27. The van der Waals surface area contributed by atoms with Crippen LogP contribution in [0.3, 0.4) is 0 Å². The third kappa shape index (κ3) is 3.42. The van der Waals surface area contributed by atoms with Crippen LogP contribution in [0, 0.1) is 19.3 Å². The maximum atomic E-state index is 11.6. The van der Waals surface area contributed by atoms with Crippen molar-refractivity contribution in [2.24, 2.45) is 0 Å². The lowest BCUT2D eigenvalue weighted by atomic mass is 10.2. The van der Waals surface area contributed by atoms with Crippen LogP contribution in [0.1, 0.15) is 5.56 Å². The predicted octanol–water partition coefficient (Wildman–Crippen LogP) is 0.685. The standard InChI is InChI=1S/C10H11BO3S/c1-3-8-14-11-15(12,13)10-6-4-9(2)5-7-10/h1,4-7,11H,8H2,2H3. The van der Waals surface area contributed by atoms with E-state index in [4.69, 9.17) is 11.1 Å². The number of benzene rings is 1. The lowest BCUT2D eigenvalue weighted by molar-refractivity contribution is 0.402. The van der Waals surface area contributed by atoms with Gasteiger partial charge in [-0.25, -0.2) is 8.42 Å². The molecule has 5 heteroatoms. The van der Waals surface area contributed by atoms with Crippen LogP contribution in [0.4, 0.5) is 0 Å². The van der Waals surface area contributed by atoms with E-state index in [1.165, 1.54) is 0 Å². The van der Waals surface area contributed by atoms with Crippen molar-refractivity contribution in [2.75, 3.05) is 6.61 Å². The molecule has 15 heavy (non-hydrogen) atoms. The minimum Gasteiger partial charge on any atom is -0.413 e. The van der Waals surface area contributed by atoms with Gasteiger partial charge in [0.05, 0.1) is 11.5 Å². The van der Waals surface area contributed by atoms with E-state index in [2.05, 4.69) is 5.92 Å². The monoisotopic (exact) mass is 222 g/mol.